The van der Waals surface area contributed by atoms with Gasteiger partial charge in [-0.2, -0.15) is 0 Å². The third kappa shape index (κ3) is 8.39. The number of carbonyl (C=O) groups is 1. The molecule has 0 saturated carbocycles. The molecule has 0 N–H and O–H groups in total. The topological polar surface area (TPSA) is 29.5 Å². The molecule has 0 aliphatic carbocycles. The molecule has 0 rings (SSSR count). The second kappa shape index (κ2) is 11.8. The summed E-state index contributed by atoms with van der Waals surface area (Å²) in [6.07, 6.45) is 8.15. The van der Waals surface area contributed by atoms with E-state index in [9.17, 15) is 4.79 Å². The maximum absolute atomic E-state index is 12.7. The van der Waals surface area contributed by atoms with Crippen LogP contribution in [0, 0.1) is 11.8 Å². The number of carbonyl (C=O) groups excluding carboxylic acids is 1. The maximum Gasteiger partial charge on any atom is 0.410 e. The van der Waals surface area contributed by atoms with Crippen LogP contribution in [0.1, 0.15) is 100 Å². The molecule has 144 valence electrons. The Balaban J connectivity index is 4.66. The minimum Gasteiger partial charge on any atom is -0.446 e. The maximum atomic E-state index is 12.7. The Labute approximate surface area is 151 Å². The highest BCUT2D eigenvalue weighted by atomic mass is 16.6. The highest BCUT2D eigenvalue weighted by Crippen LogP contribution is 2.26. The van der Waals surface area contributed by atoms with E-state index in [2.05, 4.69) is 48.5 Å². The van der Waals surface area contributed by atoms with Crippen molar-refractivity contribution in [2.75, 3.05) is 6.54 Å². The molecule has 3 nitrogen and oxygen atoms in total. The van der Waals surface area contributed by atoms with E-state index in [0.29, 0.717) is 18.4 Å². The number of unbranched alkanes of at least 4 members (excludes halogenated alkanes) is 3. The summed E-state index contributed by atoms with van der Waals surface area (Å²) < 4.78 is 5.87. The Bertz CT molecular complexity index is 339. The van der Waals surface area contributed by atoms with Gasteiger partial charge in [0.15, 0.2) is 0 Å². The molecule has 0 radical (unpaired) electrons. The average Bonchev–Trinajstić information content (AvgIpc) is 2.46. The van der Waals surface area contributed by atoms with E-state index in [-0.39, 0.29) is 17.7 Å². The predicted octanol–water partition coefficient (Wildman–Crippen LogP) is 6.65. The van der Waals surface area contributed by atoms with Crippen LogP contribution in [0.5, 0.6) is 0 Å². The summed E-state index contributed by atoms with van der Waals surface area (Å²) in [6.45, 7) is 17.9. The molecule has 0 aliphatic rings. The van der Waals surface area contributed by atoms with Gasteiger partial charge in [0.05, 0.1) is 0 Å². The molecule has 2 atom stereocenters. The van der Waals surface area contributed by atoms with Gasteiger partial charge in [0, 0.05) is 12.1 Å². The lowest BCUT2D eigenvalue weighted by Crippen LogP contribution is -2.49. The fraction of sp³-hybridized carbons (Fsp3) is 0.952. The van der Waals surface area contributed by atoms with E-state index < -0.39 is 0 Å². The lowest BCUT2D eigenvalue weighted by atomic mass is 9.91. The summed E-state index contributed by atoms with van der Waals surface area (Å²) in [5, 5.41) is 0. The van der Waals surface area contributed by atoms with E-state index in [1.54, 1.807) is 0 Å². The monoisotopic (exact) mass is 341 g/mol. The molecule has 0 aromatic heterocycles. The molecule has 2 unspecified atom stereocenters. The summed E-state index contributed by atoms with van der Waals surface area (Å²) in [5.41, 5.74) is -0.164. The van der Waals surface area contributed by atoms with Crippen molar-refractivity contribution in [1.29, 1.82) is 0 Å². The molecular formula is C21H43NO2. The van der Waals surface area contributed by atoms with Crippen LogP contribution in [0.15, 0.2) is 0 Å². The molecule has 0 spiro atoms. The second-order valence-electron chi connectivity index (χ2n) is 8.26. The molecule has 0 fully saturated rings. The van der Waals surface area contributed by atoms with Crippen LogP contribution >= 0.6 is 0 Å². The van der Waals surface area contributed by atoms with E-state index in [1.807, 2.05) is 11.8 Å². The van der Waals surface area contributed by atoms with Crippen LogP contribution < -0.4 is 0 Å². The molecule has 1 amide bonds. The molecule has 3 heteroatoms. The van der Waals surface area contributed by atoms with E-state index in [4.69, 9.17) is 4.74 Å². The summed E-state index contributed by atoms with van der Waals surface area (Å²) >= 11 is 0. The van der Waals surface area contributed by atoms with Gasteiger partial charge < -0.3 is 9.64 Å². The average molecular weight is 342 g/mol. The van der Waals surface area contributed by atoms with Crippen molar-refractivity contribution < 1.29 is 9.53 Å². The quantitative estimate of drug-likeness (QED) is 0.372. The van der Waals surface area contributed by atoms with Crippen molar-refractivity contribution in [3.05, 3.63) is 0 Å². The summed E-state index contributed by atoms with van der Waals surface area (Å²) in [4.78, 5) is 14.6. The second-order valence-corrected chi connectivity index (χ2v) is 8.26. The normalized spacial score (nSPS) is 14.5. The third-order valence-corrected chi connectivity index (χ3v) is 5.08. The Morgan fingerprint density at radius 2 is 1.67 bits per heavy atom. The van der Waals surface area contributed by atoms with Gasteiger partial charge in [0.1, 0.15) is 6.10 Å². The van der Waals surface area contributed by atoms with Gasteiger partial charge >= 0.3 is 6.09 Å². The number of amides is 1. The number of ether oxygens (including phenoxy) is 1. The number of hydrogen-bond acceptors (Lipinski definition) is 2. The van der Waals surface area contributed by atoms with Crippen molar-refractivity contribution in [2.45, 2.75) is 112 Å². The Morgan fingerprint density at radius 1 is 1.04 bits per heavy atom. The number of nitrogens with zero attached hydrogens (tertiary/aromatic N) is 1. The summed E-state index contributed by atoms with van der Waals surface area (Å²) in [6, 6.07) is 0. The molecule has 24 heavy (non-hydrogen) atoms. The minimum absolute atomic E-state index is 0.00646. The zero-order valence-electron chi connectivity index (χ0n) is 17.7. The lowest BCUT2D eigenvalue weighted by Gasteiger charge is -2.39. The van der Waals surface area contributed by atoms with Crippen LogP contribution in [0.4, 0.5) is 4.79 Å². The first-order valence-corrected chi connectivity index (χ1v) is 10.2. The van der Waals surface area contributed by atoms with Gasteiger partial charge in [-0.25, -0.2) is 4.79 Å². The first kappa shape index (κ1) is 23.3. The fourth-order valence-electron chi connectivity index (χ4n) is 3.84. The minimum atomic E-state index is -0.164. The Kier molecular flexibility index (Phi) is 11.4. The van der Waals surface area contributed by atoms with Crippen LogP contribution in [-0.2, 0) is 4.74 Å². The highest BCUT2D eigenvalue weighted by Gasteiger charge is 2.33. The fourth-order valence-corrected chi connectivity index (χ4v) is 3.84. The molecule has 0 saturated heterocycles. The molecule has 0 bridgehead atoms. The molecule has 0 aliphatic heterocycles. The largest absolute Gasteiger partial charge is 0.446 e. The Morgan fingerprint density at radius 3 is 2.12 bits per heavy atom. The van der Waals surface area contributed by atoms with Gasteiger partial charge in [0.25, 0.3) is 0 Å². The first-order chi connectivity index (χ1) is 11.2. The van der Waals surface area contributed by atoms with Crippen LogP contribution in [0.2, 0.25) is 0 Å². The smallest absolute Gasteiger partial charge is 0.410 e. The molecule has 0 heterocycles. The highest BCUT2D eigenvalue weighted by molar-refractivity contribution is 5.68. The van der Waals surface area contributed by atoms with Crippen LogP contribution in [-0.4, -0.2) is 29.2 Å². The van der Waals surface area contributed by atoms with Crippen molar-refractivity contribution in [3.8, 4) is 0 Å². The summed E-state index contributed by atoms with van der Waals surface area (Å²) in [5.74, 6) is 1.03. The van der Waals surface area contributed by atoms with Gasteiger partial charge in [-0.3, -0.25) is 0 Å². The van der Waals surface area contributed by atoms with Crippen LogP contribution in [0.25, 0.3) is 0 Å². The zero-order chi connectivity index (χ0) is 18.8. The first-order valence-electron chi connectivity index (χ1n) is 10.2. The Hall–Kier alpha value is -0.730. The van der Waals surface area contributed by atoms with Gasteiger partial charge in [0.2, 0.25) is 0 Å². The van der Waals surface area contributed by atoms with Gasteiger partial charge in [-0.05, 0) is 58.8 Å². The van der Waals surface area contributed by atoms with Gasteiger partial charge in [-0.15, -0.1) is 0 Å². The van der Waals surface area contributed by atoms with Crippen molar-refractivity contribution >= 4 is 6.09 Å². The number of hydrogen-bond donors (Lipinski definition) is 0. The predicted molar refractivity (Wildman–Crippen MR) is 104 cm³/mol. The van der Waals surface area contributed by atoms with Crippen LogP contribution in [0.3, 0.4) is 0 Å². The SMILES string of the molecule is CCCCCCC(CC)C(C)OC(=O)N(CC)C(C)(C)CC(C)C. The molecular weight excluding hydrogens is 298 g/mol. The molecule has 0 aromatic rings. The van der Waals surface area contributed by atoms with Crippen molar-refractivity contribution in [3.63, 3.8) is 0 Å². The molecule has 0 aromatic carbocycles. The summed E-state index contributed by atoms with van der Waals surface area (Å²) in [7, 11) is 0. The van der Waals surface area contributed by atoms with Gasteiger partial charge in [-0.1, -0.05) is 53.4 Å². The standard InChI is InChI=1S/C21H43NO2/c1-9-12-13-14-15-19(10-2)18(6)24-20(23)22(11-3)21(7,8)16-17(4)5/h17-19H,9-16H2,1-8H3. The third-order valence-electron chi connectivity index (χ3n) is 5.08. The van der Waals surface area contributed by atoms with E-state index in [1.165, 1.54) is 25.7 Å². The van der Waals surface area contributed by atoms with E-state index in [0.717, 1.165) is 19.3 Å². The van der Waals surface area contributed by atoms with E-state index >= 15 is 0 Å². The zero-order valence-corrected chi connectivity index (χ0v) is 17.7. The number of rotatable bonds is 12. The van der Waals surface area contributed by atoms with Crippen molar-refractivity contribution in [1.82, 2.24) is 4.90 Å². The van der Waals surface area contributed by atoms with Crippen molar-refractivity contribution in [2.24, 2.45) is 11.8 Å². The lowest BCUT2D eigenvalue weighted by molar-refractivity contribution is 0.0138.